The molecule has 20 heavy (non-hydrogen) atoms. The van der Waals surface area contributed by atoms with E-state index in [1.807, 2.05) is 13.0 Å². The van der Waals surface area contributed by atoms with Crippen LogP contribution in [0.3, 0.4) is 0 Å². The van der Waals surface area contributed by atoms with Crippen LogP contribution in [-0.2, 0) is 16.6 Å². The topological polar surface area (TPSA) is 72.2 Å². The fraction of sp³-hybridized carbons (Fsp3) is 0.571. The summed E-state index contributed by atoms with van der Waals surface area (Å²) < 4.78 is 29.0. The zero-order valence-electron chi connectivity index (χ0n) is 11.9. The van der Waals surface area contributed by atoms with E-state index >= 15 is 0 Å². The first-order valence-electron chi connectivity index (χ1n) is 6.86. The van der Waals surface area contributed by atoms with Crippen molar-refractivity contribution in [1.29, 1.82) is 0 Å². The van der Waals surface area contributed by atoms with Gasteiger partial charge < -0.3 is 5.73 Å². The molecular formula is C14H21BrN2O2S. The lowest BCUT2D eigenvalue weighted by molar-refractivity contribution is 0.214. The molecule has 3 N–H and O–H groups in total. The van der Waals surface area contributed by atoms with Crippen molar-refractivity contribution in [2.45, 2.75) is 56.5 Å². The molecule has 112 valence electrons. The molecular weight excluding hydrogens is 340 g/mol. The van der Waals surface area contributed by atoms with Gasteiger partial charge in [0.25, 0.3) is 0 Å². The van der Waals surface area contributed by atoms with Crippen LogP contribution in [0.5, 0.6) is 0 Å². The lowest BCUT2D eigenvalue weighted by Crippen LogP contribution is -2.52. The Morgan fingerprint density at radius 3 is 2.50 bits per heavy atom. The number of hydrogen-bond donors (Lipinski definition) is 2. The van der Waals surface area contributed by atoms with Crippen molar-refractivity contribution in [2.75, 3.05) is 0 Å². The van der Waals surface area contributed by atoms with Crippen molar-refractivity contribution < 1.29 is 8.42 Å². The van der Waals surface area contributed by atoms with E-state index in [0.29, 0.717) is 11.4 Å². The third-order valence-electron chi connectivity index (χ3n) is 4.22. The van der Waals surface area contributed by atoms with Crippen molar-refractivity contribution in [3.8, 4) is 0 Å². The molecule has 0 heterocycles. The molecule has 1 aliphatic carbocycles. The van der Waals surface area contributed by atoms with Gasteiger partial charge in [0.05, 0.1) is 4.90 Å². The molecule has 0 radical (unpaired) electrons. The van der Waals surface area contributed by atoms with E-state index in [4.69, 9.17) is 5.73 Å². The van der Waals surface area contributed by atoms with Crippen LogP contribution in [0.4, 0.5) is 0 Å². The lowest BCUT2D eigenvalue weighted by Gasteiger charge is -2.41. The Labute approximate surface area is 129 Å². The molecule has 0 atom stereocenters. The molecule has 1 aromatic rings. The second-order valence-corrected chi connectivity index (χ2v) is 8.00. The van der Waals surface area contributed by atoms with E-state index in [2.05, 4.69) is 20.7 Å². The molecule has 0 aromatic heterocycles. The van der Waals surface area contributed by atoms with E-state index in [0.717, 1.165) is 41.3 Å². The maximum absolute atomic E-state index is 12.7. The maximum Gasteiger partial charge on any atom is 0.241 e. The minimum Gasteiger partial charge on any atom is -0.326 e. The molecule has 2 rings (SSSR count). The van der Waals surface area contributed by atoms with Crippen LogP contribution in [0.2, 0.25) is 0 Å². The van der Waals surface area contributed by atoms with Gasteiger partial charge >= 0.3 is 0 Å². The van der Waals surface area contributed by atoms with Gasteiger partial charge in [-0.25, -0.2) is 13.1 Å². The molecule has 0 bridgehead atoms. The van der Waals surface area contributed by atoms with Gasteiger partial charge in [0.1, 0.15) is 0 Å². The van der Waals surface area contributed by atoms with Gasteiger partial charge in [-0.05, 0) is 55.9 Å². The number of rotatable bonds is 5. The van der Waals surface area contributed by atoms with Crippen molar-refractivity contribution in [1.82, 2.24) is 4.72 Å². The van der Waals surface area contributed by atoms with Crippen LogP contribution in [0.15, 0.2) is 21.5 Å². The van der Waals surface area contributed by atoms with Gasteiger partial charge in [-0.15, -0.1) is 0 Å². The SMILES string of the molecule is CCC1(NS(=O)(=O)c2cc(CN)cc(Br)c2C)CCC1. The zero-order valence-corrected chi connectivity index (χ0v) is 14.3. The molecule has 1 saturated carbocycles. The first-order valence-corrected chi connectivity index (χ1v) is 9.14. The summed E-state index contributed by atoms with van der Waals surface area (Å²) in [7, 11) is -3.51. The summed E-state index contributed by atoms with van der Waals surface area (Å²) in [6.45, 7) is 4.15. The van der Waals surface area contributed by atoms with Gasteiger partial charge in [-0.2, -0.15) is 0 Å². The highest BCUT2D eigenvalue weighted by Crippen LogP contribution is 2.37. The van der Waals surface area contributed by atoms with Gasteiger partial charge in [0.15, 0.2) is 0 Å². The predicted octanol–water partition coefficient (Wildman–Crippen LogP) is 2.83. The number of benzene rings is 1. The average Bonchev–Trinajstić information content (AvgIpc) is 2.36. The Kier molecular flexibility index (Phi) is 4.59. The second-order valence-electron chi connectivity index (χ2n) is 5.50. The lowest BCUT2D eigenvalue weighted by atomic mass is 9.76. The monoisotopic (exact) mass is 360 g/mol. The fourth-order valence-corrected chi connectivity index (χ4v) is 5.06. The van der Waals surface area contributed by atoms with Crippen LogP contribution in [0.25, 0.3) is 0 Å². The number of nitrogens with one attached hydrogen (secondary N) is 1. The van der Waals surface area contributed by atoms with E-state index < -0.39 is 10.0 Å². The molecule has 0 aliphatic heterocycles. The van der Waals surface area contributed by atoms with Crippen molar-refractivity contribution in [2.24, 2.45) is 5.73 Å². The molecule has 0 spiro atoms. The van der Waals surface area contributed by atoms with E-state index in [1.165, 1.54) is 0 Å². The highest BCUT2D eigenvalue weighted by Gasteiger charge is 2.39. The zero-order chi connectivity index (χ0) is 15.0. The number of nitrogens with two attached hydrogens (primary N) is 1. The smallest absolute Gasteiger partial charge is 0.241 e. The molecule has 6 heteroatoms. The first-order chi connectivity index (χ1) is 9.33. The summed E-state index contributed by atoms with van der Waals surface area (Å²) in [5.41, 5.74) is 6.91. The normalized spacial score (nSPS) is 17.8. The quantitative estimate of drug-likeness (QED) is 0.847. The molecule has 0 saturated heterocycles. The molecule has 4 nitrogen and oxygen atoms in total. The van der Waals surface area contributed by atoms with Gasteiger partial charge in [-0.1, -0.05) is 22.9 Å². The van der Waals surface area contributed by atoms with Crippen LogP contribution >= 0.6 is 15.9 Å². The van der Waals surface area contributed by atoms with Gasteiger partial charge in [0.2, 0.25) is 10.0 Å². The maximum atomic E-state index is 12.7. The van der Waals surface area contributed by atoms with E-state index in [9.17, 15) is 8.42 Å². The van der Waals surface area contributed by atoms with Gasteiger partial charge in [-0.3, -0.25) is 0 Å². The van der Waals surface area contributed by atoms with Crippen LogP contribution in [0.1, 0.15) is 43.7 Å². The molecule has 1 aliphatic rings. The number of hydrogen-bond acceptors (Lipinski definition) is 3. The standard InChI is InChI=1S/C14H21BrN2O2S/c1-3-14(5-4-6-14)17-20(18,19)13-8-11(9-16)7-12(15)10(13)2/h7-8,17H,3-6,9,16H2,1-2H3. The highest BCUT2D eigenvalue weighted by molar-refractivity contribution is 9.10. The molecule has 0 unspecified atom stereocenters. The summed E-state index contributed by atoms with van der Waals surface area (Å²) in [4.78, 5) is 0.326. The van der Waals surface area contributed by atoms with Gasteiger partial charge in [0, 0.05) is 16.6 Å². The third kappa shape index (κ3) is 2.93. The Hall–Kier alpha value is -0.430. The third-order valence-corrected chi connectivity index (χ3v) is 6.75. The van der Waals surface area contributed by atoms with E-state index in [-0.39, 0.29) is 5.54 Å². The van der Waals surface area contributed by atoms with Crippen molar-refractivity contribution in [3.63, 3.8) is 0 Å². The molecule has 0 amide bonds. The highest BCUT2D eigenvalue weighted by atomic mass is 79.9. The first kappa shape index (κ1) is 15.9. The van der Waals surface area contributed by atoms with E-state index in [1.54, 1.807) is 13.0 Å². The summed E-state index contributed by atoms with van der Waals surface area (Å²) >= 11 is 3.41. The Balaban J connectivity index is 2.41. The average molecular weight is 361 g/mol. The van der Waals surface area contributed by atoms with Crippen LogP contribution in [0, 0.1) is 6.92 Å². The number of halogens is 1. The van der Waals surface area contributed by atoms with Crippen LogP contribution < -0.4 is 10.5 Å². The summed E-state index contributed by atoms with van der Waals surface area (Å²) in [5, 5.41) is 0. The summed E-state index contributed by atoms with van der Waals surface area (Å²) in [6, 6.07) is 3.54. The summed E-state index contributed by atoms with van der Waals surface area (Å²) in [6.07, 6.45) is 3.74. The van der Waals surface area contributed by atoms with Crippen LogP contribution in [-0.4, -0.2) is 14.0 Å². The van der Waals surface area contributed by atoms with Crippen molar-refractivity contribution in [3.05, 3.63) is 27.7 Å². The second kappa shape index (κ2) is 5.75. The van der Waals surface area contributed by atoms with Crippen molar-refractivity contribution >= 4 is 26.0 Å². The number of sulfonamides is 1. The predicted molar refractivity (Wildman–Crippen MR) is 84.0 cm³/mol. The molecule has 1 aromatic carbocycles. The fourth-order valence-electron chi connectivity index (χ4n) is 2.58. The Bertz CT molecular complexity index is 604. The largest absolute Gasteiger partial charge is 0.326 e. The Morgan fingerprint density at radius 2 is 2.05 bits per heavy atom. The Morgan fingerprint density at radius 1 is 1.40 bits per heavy atom. The summed E-state index contributed by atoms with van der Waals surface area (Å²) in [5.74, 6) is 0. The minimum absolute atomic E-state index is 0.254. The molecule has 1 fully saturated rings. The minimum atomic E-state index is -3.51.